The first-order valence-electron chi connectivity index (χ1n) is 6.18. The van der Waals surface area contributed by atoms with Crippen LogP contribution in [0.15, 0.2) is 18.5 Å². The molecule has 0 aromatic carbocycles. The standard InChI is InChI=1S/C13H19FN2/c14-13-10-15-8-7-11(13)9-16-12-5-3-1-2-4-6-12/h7-8,10,12,16H,1-6,9H2. The van der Waals surface area contributed by atoms with Crippen molar-refractivity contribution in [3.8, 4) is 0 Å². The van der Waals surface area contributed by atoms with Crippen LogP contribution in [0.1, 0.15) is 44.1 Å². The molecular formula is C13H19FN2. The minimum absolute atomic E-state index is 0.205. The second-order valence-electron chi connectivity index (χ2n) is 4.54. The van der Waals surface area contributed by atoms with E-state index in [-0.39, 0.29) is 5.82 Å². The first-order valence-corrected chi connectivity index (χ1v) is 6.18. The number of pyridine rings is 1. The van der Waals surface area contributed by atoms with Crippen LogP contribution >= 0.6 is 0 Å². The molecule has 0 aliphatic heterocycles. The van der Waals surface area contributed by atoms with E-state index in [0.29, 0.717) is 12.6 Å². The van der Waals surface area contributed by atoms with E-state index >= 15 is 0 Å². The Morgan fingerprint density at radius 3 is 2.69 bits per heavy atom. The summed E-state index contributed by atoms with van der Waals surface area (Å²) < 4.78 is 13.3. The van der Waals surface area contributed by atoms with Gasteiger partial charge in [-0.15, -0.1) is 0 Å². The molecule has 0 unspecified atom stereocenters. The second kappa shape index (κ2) is 5.94. The molecule has 0 spiro atoms. The lowest BCUT2D eigenvalue weighted by Crippen LogP contribution is -2.28. The molecule has 16 heavy (non-hydrogen) atoms. The van der Waals surface area contributed by atoms with Gasteiger partial charge in [-0.2, -0.15) is 0 Å². The highest BCUT2D eigenvalue weighted by Crippen LogP contribution is 2.17. The molecule has 3 heteroatoms. The van der Waals surface area contributed by atoms with Gasteiger partial charge in [0.2, 0.25) is 0 Å². The van der Waals surface area contributed by atoms with Crippen LogP contribution in [0.25, 0.3) is 0 Å². The fourth-order valence-corrected chi connectivity index (χ4v) is 2.29. The van der Waals surface area contributed by atoms with Gasteiger partial charge in [0.15, 0.2) is 0 Å². The van der Waals surface area contributed by atoms with Crippen LogP contribution < -0.4 is 5.32 Å². The highest BCUT2D eigenvalue weighted by molar-refractivity contribution is 5.12. The van der Waals surface area contributed by atoms with Crippen LogP contribution in [0.3, 0.4) is 0 Å². The summed E-state index contributed by atoms with van der Waals surface area (Å²) in [5.41, 5.74) is 0.722. The summed E-state index contributed by atoms with van der Waals surface area (Å²) in [5.74, 6) is -0.205. The summed E-state index contributed by atoms with van der Waals surface area (Å²) in [6.45, 7) is 0.624. The smallest absolute Gasteiger partial charge is 0.145 e. The maximum absolute atomic E-state index is 13.3. The molecule has 1 saturated carbocycles. The molecule has 2 rings (SSSR count). The van der Waals surface area contributed by atoms with Gasteiger partial charge in [-0.05, 0) is 18.9 Å². The Labute approximate surface area is 96.3 Å². The number of nitrogens with one attached hydrogen (secondary N) is 1. The molecule has 0 bridgehead atoms. The third kappa shape index (κ3) is 3.27. The van der Waals surface area contributed by atoms with E-state index < -0.39 is 0 Å². The van der Waals surface area contributed by atoms with Crippen molar-refractivity contribution in [3.05, 3.63) is 29.8 Å². The fraction of sp³-hybridized carbons (Fsp3) is 0.615. The van der Waals surface area contributed by atoms with Crippen LogP contribution in [0.4, 0.5) is 4.39 Å². The lowest BCUT2D eigenvalue weighted by molar-refractivity contribution is 0.452. The summed E-state index contributed by atoms with van der Waals surface area (Å²) in [4.78, 5) is 3.75. The number of aromatic nitrogens is 1. The Morgan fingerprint density at radius 1 is 1.25 bits per heavy atom. The van der Waals surface area contributed by atoms with Crippen molar-refractivity contribution < 1.29 is 4.39 Å². The van der Waals surface area contributed by atoms with Crippen molar-refractivity contribution in [2.75, 3.05) is 0 Å². The van der Waals surface area contributed by atoms with E-state index in [0.717, 1.165) is 5.56 Å². The third-order valence-electron chi connectivity index (χ3n) is 3.29. The van der Waals surface area contributed by atoms with Gasteiger partial charge in [0.1, 0.15) is 5.82 Å². The van der Waals surface area contributed by atoms with Crippen molar-refractivity contribution in [3.63, 3.8) is 0 Å². The maximum Gasteiger partial charge on any atom is 0.145 e. The van der Waals surface area contributed by atoms with E-state index in [1.165, 1.54) is 44.7 Å². The molecule has 1 aromatic rings. The van der Waals surface area contributed by atoms with Crippen molar-refractivity contribution in [2.45, 2.75) is 51.1 Å². The Kier molecular flexibility index (Phi) is 4.28. The molecule has 88 valence electrons. The zero-order valence-electron chi connectivity index (χ0n) is 9.58. The molecule has 1 aliphatic rings. The van der Waals surface area contributed by atoms with Gasteiger partial charge in [0, 0.05) is 24.3 Å². The summed E-state index contributed by atoms with van der Waals surface area (Å²) >= 11 is 0. The van der Waals surface area contributed by atoms with Crippen LogP contribution in [-0.4, -0.2) is 11.0 Å². The molecule has 0 radical (unpaired) electrons. The fourth-order valence-electron chi connectivity index (χ4n) is 2.29. The van der Waals surface area contributed by atoms with Gasteiger partial charge in [-0.25, -0.2) is 4.39 Å². The molecule has 1 heterocycles. The lowest BCUT2D eigenvalue weighted by atomic mass is 10.1. The SMILES string of the molecule is Fc1cnccc1CNC1CCCCCC1. The highest BCUT2D eigenvalue weighted by atomic mass is 19.1. The summed E-state index contributed by atoms with van der Waals surface area (Å²) in [6, 6.07) is 2.31. The van der Waals surface area contributed by atoms with E-state index in [4.69, 9.17) is 0 Å². The Bertz CT molecular complexity index is 319. The highest BCUT2D eigenvalue weighted by Gasteiger charge is 2.12. The van der Waals surface area contributed by atoms with Crippen LogP contribution in [0, 0.1) is 5.82 Å². The first kappa shape index (κ1) is 11.5. The minimum Gasteiger partial charge on any atom is -0.310 e. The monoisotopic (exact) mass is 222 g/mol. The Hall–Kier alpha value is -0.960. The topological polar surface area (TPSA) is 24.9 Å². The average molecular weight is 222 g/mol. The van der Waals surface area contributed by atoms with Gasteiger partial charge in [-0.3, -0.25) is 4.98 Å². The van der Waals surface area contributed by atoms with Crippen LogP contribution in [0.5, 0.6) is 0 Å². The van der Waals surface area contributed by atoms with Gasteiger partial charge >= 0.3 is 0 Å². The normalized spacial score (nSPS) is 18.3. The van der Waals surface area contributed by atoms with Crippen LogP contribution in [0.2, 0.25) is 0 Å². The van der Waals surface area contributed by atoms with Crippen molar-refractivity contribution >= 4 is 0 Å². The van der Waals surface area contributed by atoms with Crippen LogP contribution in [-0.2, 0) is 6.54 Å². The first-order chi connectivity index (χ1) is 7.86. The molecule has 1 aromatic heterocycles. The Morgan fingerprint density at radius 2 is 2.00 bits per heavy atom. The van der Waals surface area contributed by atoms with Crippen molar-refractivity contribution in [1.82, 2.24) is 10.3 Å². The molecule has 1 aliphatic carbocycles. The number of halogens is 1. The molecular weight excluding hydrogens is 203 g/mol. The minimum atomic E-state index is -0.205. The third-order valence-corrected chi connectivity index (χ3v) is 3.29. The molecule has 2 nitrogen and oxygen atoms in total. The van der Waals surface area contributed by atoms with Gasteiger partial charge < -0.3 is 5.32 Å². The number of nitrogens with zero attached hydrogens (tertiary/aromatic N) is 1. The molecule has 1 fully saturated rings. The Balaban J connectivity index is 1.84. The maximum atomic E-state index is 13.3. The number of rotatable bonds is 3. The molecule has 0 saturated heterocycles. The number of hydrogen-bond donors (Lipinski definition) is 1. The molecule has 0 amide bonds. The summed E-state index contributed by atoms with van der Waals surface area (Å²) in [6.07, 6.45) is 10.7. The zero-order chi connectivity index (χ0) is 11.2. The molecule has 1 N–H and O–H groups in total. The lowest BCUT2D eigenvalue weighted by Gasteiger charge is -2.16. The average Bonchev–Trinajstić information content (AvgIpc) is 2.56. The predicted molar refractivity (Wildman–Crippen MR) is 62.5 cm³/mol. The van der Waals surface area contributed by atoms with Crippen molar-refractivity contribution in [1.29, 1.82) is 0 Å². The quantitative estimate of drug-likeness (QED) is 0.795. The van der Waals surface area contributed by atoms with E-state index in [1.807, 2.05) is 0 Å². The van der Waals surface area contributed by atoms with Gasteiger partial charge in [0.25, 0.3) is 0 Å². The largest absolute Gasteiger partial charge is 0.310 e. The van der Waals surface area contributed by atoms with E-state index in [9.17, 15) is 4.39 Å². The second-order valence-corrected chi connectivity index (χ2v) is 4.54. The van der Waals surface area contributed by atoms with Gasteiger partial charge in [-0.1, -0.05) is 25.7 Å². The summed E-state index contributed by atoms with van der Waals surface area (Å²) in [7, 11) is 0. The number of hydrogen-bond acceptors (Lipinski definition) is 2. The van der Waals surface area contributed by atoms with E-state index in [1.54, 1.807) is 12.3 Å². The summed E-state index contributed by atoms with van der Waals surface area (Å²) in [5, 5.41) is 3.45. The zero-order valence-corrected chi connectivity index (χ0v) is 9.58. The van der Waals surface area contributed by atoms with E-state index in [2.05, 4.69) is 10.3 Å². The van der Waals surface area contributed by atoms with Crippen molar-refractivity contribution in [2.24, 2.45) is 0 Å². The predicted octanol–water partition coefficient (Wildman–Crippen LogP) is 3.03. The molecule has 0 atom stereocenters. The van der Waals surface area contributed by atoms with Gasteiger partial charge in [0.05, 0.1) is 6.20 Å².